The van der Waals surface area contributed by atoms with Gasteiger partial charge in [-0.2, -0.15) is 0 Å². The molecule has 1 saturated heterocycles. The van der Waals surface area contributed by atoms with Gasteiger partial charge in [0.1, 0.15) is 11.1 Å². The van der Waals surface area contributed by atoms with E-state index in [0.29, 0.717) is 5.75 Å². The molecule has 2 rings (SSSR count). The van der Waals surface area contributed by atoms with Gasteiger partial charge >= 0.3 is 0 Å². The maximum atomic E-state index is 11.8. The van der Waals surface area contributed by atoms with Gasteiger partial charge in [-0.15, -0.1) is 11.8 Å². The number of hydrogen-bond donors (Lipinski definition) is 0. The van der Waals surface area contributed by atoms with Crippen LogP contribution in [0, 0.1) is 0 Å². The molecule has 0 aliphatic carbocycles. The molecule has 0 saturated carbocycles. The zero-order valence-corrected chi connectivity index (χ0v) is 11.0. The first-order valence-corrected chi connectivity index (χ1v) is 6.86. The second-order valence-electron chi connectivity index (χ2n) is 3.99. The molecule has 1 aromatic carbocycles. The van der Waals surface area contributed by atoms with E-state index in [9.17, 15) is 4.79 Å². The molecule has 92 valence electrons. The molecule has 1 heterocycles. The summed E-state index contributed by atoms with van der Waals surface area (Å²) in [4.78, 5) is 13.8. The predicted octanol–water partition coefficient (Wildman–Crippen LogP) is 2.68. The molecule has 17 heavy (non-hydrogen) atoms. The van der Waals surface area contributed by atoms with Crippen molar-refractivity contribution in [1.82, 2.24) is 4.90 Å². The highest BCUT2D eigenvalue weighted by molar-refractivity contribution is 8.00. The molecule has 0 bridgehead atoms. The number of ether oxygens (including phenoxy) is 1. The zero-order chi connectivity index (χ0) is 12.3. The number of carbonyl (C=O) groups excluding carboxylic acids is 1. The molecule has 4 heteroatoms. The smallest absolute Gasteiger partial charge is 0.233 e. The van der Waals surface area contributed by atoms with Crippen molar-refractivity contribution >= 4 is 17.7 Å². The second-order valence-corrected chi connectivity index (χ2v) is 5.06. The van der Waals surface area contributed by atoms with E-state index in [1.54, 1.807) is 18.9 Å². The molecule has 0 aromatic heterocycles. The Kier molecular flexibility index (Phi) is 3.94. The lowest BCUT2D eigenvalue weighted by atomic mass is 10.2. The number of thioether (sulfide) groups is 1. The first-order valence-electron chi connectivity index (χ1n) is 5.82. The number of amides is 1. The summed E-state index contributed by atoms with van der Waals surface area (Å²) in [5, 5.41) is 0.110. The van der Waals surface area contributed by atoms with E-state index >= 15 is 0 Å². The van der Waals surface area contributed by atoms with Crippen LogP contribution in [0.25, 0.3) is 0 Å². The van der Waals surface area contributed by atoms with Crippen LogP contribution < -0.4 is 4.74 Å². The van der Waals surface area contributed by atoms with E-state index in [1.165, 1.54) is 0 Å². The van der Waals surface area contributed by atoms with E-state index in [1.807, 2.05) is 29.2 Å². The molecule has 1 aliphatic rings. The fourth-order valence-electron chi connectivity index (χ4n) is 2.06. The van der Waals surface area contributed by atoms with Gasteiger partial charge in [0.25, 0.3) is 0 Å². The van der Waals surface area contributed by atoms with Gasteiger partial charge in [-0.1, -0.05) is 25.1 Å². The molecule has 1 amide bonds. The van der Waals surface area contributed by atoms with Crippen LogP contribution in [-0.2, 0) is 4.79 Å². The van der Waals surface area contributed by atoms with E-state index in [4.69, 9.17) is 4.74 Å². The predicted molar refractivity (Wildman–Crippen MR) is 70.2 cm³/mol. The van der Waals surface area contributed by atoms with Crippen LogP contribution in [0.5, 0.6) is 5.75 Å². The first-order chi connectivity index (χ1) is 8.27. The van der Waals surface area contributed by atoms with Crippen molar-refractivity contribution in [2.45, 2.75) is 18.7 Å². The lowest BCUT2D eigenvalue weighted by Crippen LogP contribution is -2.29. The van der Waals surface area contributed by atoms with Crippen LogP contribution >= 0.6 is 11.8 Å². The summed E-state index contributed by atoms with van der Waals surface area (Å²) in [5.41, 5.74) is 1.10. The van der Waals surface area contributed by atoms with Gasteiger partial charge in [0, 0.05) is 12.1 Å². The van der Waals surface area contributed by atoms with Gasteiger partial charge < -0.3 is 9.64 Å². The average Bonchev–Trinajstić information content (AvgIpc) is 2.72. The normalized spacial score (nSPS) is 19.8. The van der Waals surface area contributed by atoms with Gasteiger partial charge in [0.2, 0.25) is 5.91 Å². The van der Waals surface area contributed by atoms with Crippen molar-refractivity contribution in [3.63, 3.8) is 0 Å². The average molecular weight is 251 g/mol. The Morgan fingerprint density at radius 2 is 2.24 bits per heavy atom. The van der Waals surface area contributed by atoms with E-state index < -0.39 is 0 Å². The largest absolute Gasteiger partial charge is 0.496 e. The van der Waals surface area contributed by atoms with E-state index in [-0.39, 0.29) is 11.3 Å². The van der Waals surface area contributed by atoms with E-state index in [0.717, 1.165) is 24.3 Å². The van der Waals surface area contributed by atoms with Crippen molar-refractivity contribution in [2.75, 3.05) is 19.4 Å². The second kappa shape index (κ2) is 5.45. The maximum absolute atomic E-state index is 11.8. The van der Waals surface area contributed by atoms with Crippen LogP contribution in [-0.4, -0.2) is 30.2 Å². The zero-order valence-electron chi connectivity index (χ0n) is 10.2. The van der Waals surface area contributed by atoms with Gasteiger partial charge in [-0.05, 0) is 12.5 Å². The van der Waals surface area contributed by atoms with Crippen LogP contribution in [0.15, 0.2) is 24.3 Å². The van der Waals surface area contributed by atoms with Crippen LogP contribution in [0.3, 0.4) is 0 Å². The highest BCUT2D eigenvalue weighted by Gasteiger charge is 2.33. The number of hydrogen-bond acceptors (Lipinski definition) is 3. The van der Waals surface area contributed by atoms with Gasteiger partial charge in [0.15, 0.2) is 0 Å². The highest BCUT2D eigenvalue weighted by Crippen LogP contribution is 2.42. The molecular weight excluding hydrogens is 234 g/mol. The lowest BCUT2D eigenvalue weighted by molar-refractivity contribution is -0.128. The van der Waals surface area contributed by atoms with Crippen molar-refractivity contribution in [2.24, 2.45) is 0 Å². The number of rotatable bonds is 4. The van der Waals surface area contributed by atoms with Crippen molar-refractivity contribution < 1.29 is 9.53 Å². The van der Waals surface area contributed by atoms with Gasteiger partial charge in [0.05, 0.1) is 12.9 Å². The number of nitrogens with zero attached hydrogens (tertiary/aromatic N) is 1. The van der Waals surface area contributed by atoms with Crippen LogP contribution in [0.1, 0.15) is 24.3 Å². The fourth-order valence-corrected chi connectivity index (χ4v) is 3.31. The molecule has 3 nitrogen and oxygen atoms in total. The number of benzene rings is 1. The van der Waals surface area contributed by atoms with Gasteiger partial charge in [-0.3, -0.25) is 4.79 Å². The third-order valence-electron chi connectivity index (χ3n) is 2.84. The molecule has 1 fully saturated rings. The number of para-hydroxylation sites is 1. The molecule has 0 radical (unpaired) electrons. The summed E-state index contributed by atoms with van der Waals surface area (Å²) < 4.78 is 5.37. The summed E-state index contributed by atoms with van der Waals surface area (Å²) in [6, 6.07) is 7.93. The van der Waals surface area contributed by atoms with Gasteiger partial charge in [-0.25, -0.2) is 0 Å². The molecule has 0 spiro atoms. The highest BCUT2D eigenvalue weighted by atomic mass is 32.2. The Morgan fingerprint density at radius 1 is 1.47 bits per heavy atom. The quantitative estimate of drug-likeness (QED) is 0.824. The topological polar surface area (TPSA) is 29.5 Å². The maximum Gasteiger partial charge on any atom is 0.233 e. The molecular formula is C13H17NO2S. The summed E-state index contributed by atoms with van der Waals surface area (Å²) in [6.45, 7) is 2.91. The Morgan fingerprint density at radius 3 is 2.94 bits per heavy atom. The van der Waals surface area contributed by atoms with Crippen molar-refractivity contribution in [1.29, 1.82) is 0 Å². The Hall–Kier alpha value is -1.16. The fraction of sp³-hybridized carbons (Fsp3) is 0.462. The summed E-state index contributed by atoms with van der Waals surface area (Å²) >= 11 is 1.68. The minimum absolute atomic E-state index is 0.110. The third-order valence-corrected chi connectivity index (χ3v) is 4.08. The summed E-state index contributed by atoms with van der Waals surface area (Å²) in [5.74, 6) is 1.66. The van der Waals surface area contributed by atoms with E-state index in [2.05, 4.69) is 6.92 Å². The summed E-state index contributed by atoms with van der Waals surface area (Å²) in [6.07, 6.45) is 0.984. The number of methoxy groups -OCH3 is 1. The molecule has 1 aliphatic heterocycles. The number of carbonyl (C=O) groups is 1. The standard InChI is InChI=1S/C13H17NO2S/c1-3-8-14-12(15)9-17-13(14)10-6-4-5-7-11(10)16-2/h4-7,13H,3,8-9H2,1-2H3. The van der Waals surface area contributed by atoms with Crippen molar-refractivity contribution in [3.05, 3.63) is 29.8 Å². The third kappa shape index (κ3) is 2.41. The first kappa shape index (κ1) is 12.3. The molecule has 1 unspecified atom stereocenters. The Balaban J connectivity index is 2.29. The SMILES string of the molecule is CCCN1C(=O)CSC1c1ccccc1OC. The van der Waals surface area contributed by atoms with Crippen molar-refractivity contribution in [3.8, 4) is 5.75 Å². The van der Waals surface area contributed by atoms with Crippen LogP contribution in [0.2, 0.25) is 0 Å². The molecule has 1 aromatic rings. The molecule has 0 N–H and O–H groups in total. The minimum Gasteiger partial charge on any atom is -0.496 e. The minimum atomic E-state index is 0.110. The molecule has 1 atom stereocenters. The Labute approximate surface area is 106 Å². The Bertz CT molecular complexity index is 408. The summed E-state index contributed by atoms with van der Waals surface area (Å²) in [7, 11) is 1.67. The van der Waals surface area contributed by atoms with Crippen LogP contribution in [0.4, 0.5) is 0 Å². The lowest BCUT2D eigenvalue weighted by Gasteiger charge is -2.24. The monoisotopic (exact) mass is 251 g/mol.